The number of H-pyrrole nitrogens is 1. The number of aliphatic hydroxyl groups excluding tert-OH is 1. The summed E-state index contributed by atoms with van der Waals surface area (Å²) in [6, 6.07) is 22.4. The van der Waals surface area contributed by atoms with Crippen molar-refractivity contribution in [2.75, 3.05) is 18.0 Å². The van der Waals surface area contributed by atoms with E-state index in [1.165, 1.54) is 16.4 Å². The first-order chi connectivity index (χ1) is 15.0. The Bertz CT molecular complexity index is 1260. The number of sulfonamides is 1. The van der Waals surface area contributed by atoms with E-state index in [4.69, 9.17) is 4.74 Å². The summed E-state index contributed by atoms with van der Waals surface area (Å²) in [5.74, 6) is 0.612. The van der Waals surface area contributed by atoms with Crippen LogP contribution in [-0.2, 0) is 16.6 Å². The molecule has 1 aromatic heterocycles. The summed E-state index contributed by atoms with van der Waals surface area (Å²) < 4.78 is 34.9. The SMILES string of the molecule is COc1ccc(N(CC(O)C[n+]2[nH]nc3ccccc32)S(=O)(=O)c2ccccc2)cc1. The number of hydrogen-bond donors (Lipinski definition) is 2. The van der Waals surface area contributed by atoms with Crippen molar-refractivity contribution >= 4 is 26.7 Å². The molecule has 0 fully saturated rings. The van der Waals surface area contributed by atoms with Gasteiger partial charge in [0.2, 0.25) is 11.0 Å². The summed E-state index contributed by atoms with van der Waals surface area (Å²) in [5.41, 5.74) is 2.02. The van der Waals surface area contributed by atoms with Crippen molar-refractivity contribution in [2.24, 2.45) is 0 Å². The van der Waals surface area contributed by atoms with Crippen LogP contribution in [-0.4, -0.2) is 43.6 Å². The number of nitrogens with one attached hydrogen (secondary N) is 1. The number of para-hydroxylation sites is 2. The van der Waals surface area contributed by atoms with Gasteiger partial charge in [0.05, 0.1) is 24.2 Å². The standard InChI is InChI=1S/C22H22N4O4S/c1-30-19-13-11-17(12-14-19)26(31(28,29)20-7-3-2-4-8-20)16-18(27)15-25-22-10-6-5-9-21(22)23-24-25/h2-14,18,27H,15-16H2,1H3/p+1. The Morgan fingerprint density at radius 3 is 2.42 bits per heavy atom. The lowest BCUT2D eigenvalue weighted by molar-refractivity contribution is -0.736. The number of fused-ring (bicyclic) bond motifs is 1. The Labute approximate surface area is 180 Å². The van der Waals surface area contributed by atoms with Crippen LogP contribution in [0.25, 0.3) is 11.0 Å². The van der Waals surface area contributed by atoms with Crippen LogP contribution in [0.3, 0.4) is 0 Å². The van der Waals surface area contributed by atoms with Gasteiger partial charge in [0, 0.05) is 5.10 Å². The van der Waals surface area contributed by atoms with Gasteiger partial charge >= 0.3 is 0 Å². The molecule has 4 aromatic rings. The number of rotatable bonds is 8. The molecule has 4 rings (SSSR count). The zero-order chi connectivity index (χ0) is 21.8. The Morgan fingerprint density at radius 1 is 1.03 bits per heavy atom. The number of ether oxygens (including phenoxy) is 1. The molecule has 1 unspecified atom stereocenters. The van der Waals surface area contributed by atoms with Crippen LogP contribution in [0.4, 0.5) is 5.69 Å². The Kier molecular flexibility index (Phi) is 5.88. The maximum Gasteiger partial charge on any atom is 0.264 e. The van der Waals surface area contributed by atoms with Gasteiger partial charge in [-0.05, 0) is 48.5 Å². The smallest absolute Gasteiger partial charge is 0.264 e. The molecule has 9 heteroatoms. The van der Waals surface area contributed by atoms with Gasteiger partial charge in [-0.2, -0.15) is 4.68 Å². The second-order valence-electron chi connectivity index (χ2n) is 7.01. The first-order valence-electron chi connectivity index (χ1n) is 9.72. The van der Waals surface area contributed by atoms with E-state index in [9.17, 15) is 13.5 Å². The highest BCUT2D eigenvalue weighted by atomic mass is 32.2. The number of anilines is 1. The van der Waals surface area contributed by atoms with E-state index >= 15 is 0 Å². The molecular formula is C22H23N4O4S+. The van der Waals surface area contributed by atoms with Crippen molar-refractivity contribution in [1.29, 1.82) is 0 Å². The maximum absolute atomic E-state index is 13.4. The molecule has 1 heterocycles. The van der Waals surface area contributed by atoms with E-state index < -0.39 is 16.1 Å². The van der Waals surface area contributed by atoms with Crippen LogP contribution < -0.4 is 13.7 Å². The third-order valence-corrected chi connectivity index (χ3v) is 6.73. The van der Waals surface area contributed by atoms with Crippen LogP contribution in [0.2, 0.25) is 0 Å². The van der Waals surface area contributed by atoms with Crippen molar-refractivity contribution in [2.45, 2.75) is 17.5 Å². The lowest BCUT2D eigenvalue weighted by Gasteiger charge is -2.26. The number of hydrogen-bond acceptors (Lipinski definition) is 5. The Balaban J connectivity index is 1.65. The topological polar surface area (TPSA) is 99.4 Å². The minimum Gasteiger partial charge on any atom is -0.497 e. The Hall–Kier alpha value is -3.43. The first kappa shape index (κ1) is 20.8. The van der Waals surface area contributed by atoms with Gasteiger partial charge in [-0.25, -0.2) is 8.42 Å². The maximum atomic E-state index is 13.4. The average molecular weight is 440 g/mol. The molecule has 0 saturated heterocycles. The molecule has 0 radical (unpaired) electrons. The lowest BCUT2D eigenvalue weighted by Crippen LogP contribution is -2.47. The van der Waals surface area contributed by atoms with Crippen molar-refractivity contribution in [3.63, 3.8) is 0 Å². The third-order valence-electron chi connectivity index (χ3n) is 4.93. The van der Waals surface area contributed by atoms with Gasteiger partial charge in [0.15, 0.2) is 0 Å². The van der Waals surface area contributed by atoms with Gasteiger partial charge in [-0.15, -0.1) is 0 Å². The first-order valence-corrected chi connectivity index (χ1v) is 11.2. The molecule has 1 atom stereocenters. The highest BCUT2D eigenvalue weighted by molar-refractivity contribution is 7.92. The van der Waals surface area contributed by atoms with E-state index in [1.54, 1.807) is 54.3 Å². The molecule has 0 aliphatic rings. The summed E-state index contributed by atoms with van der Waals surface area (Å²) in [5, 5.41) is 17.9. The van der Waals surface area contributed by atoms with E-state index in [0.29, 0.717) is 11.4 Å². The molecule has 0 amide bonds. The number of aromatic amines is 1. The number of methoxy groups -OCH3 is 1. The third kappa shape index (κ3) is 4.37. The predicted octanol–water partition coefficient (Wildman–Crippen LogP) is 2.12. The Morgan fingerprint density at radius 2 is 1.71 bits per heavy atom. The lowest BCUT2D eigenvalue weighted by atomic mass is 10.2. The summed E-state index contributed by atoms with van der Waals surface area (Å²) in [7, 11) is -2.35. The van der Waals surface area contributed by atoms with Gasteiger partial charge in [0.25, 0.3) is 10.0 Å². The van der Waals surface area contributed by atoms with Crippen LogP contribution >= 0.6 is 0 Å². The predicted molar refractivity (Wildman–Crippen MR) is 116 cm³/mol. The average Bonchev–Trinajstić information content (AvgIpc) is 3.21. The van der Waals surface area contributed by atoms with E-state index in [-0.39, 0.29) is 18.0 Å². The second kappa shape index (κ2) is 8.75. The molecule has 0 aliphatic heterocycles. The number of aromatic nitrogens is 3. The number of aliphatic hydroxyl groups is 1. The fourth-order valence-corrected chi connectivity index (χ4v) is 4.89. The summed E-state index contributed by atoms with van der Waals surface area (Å²) in [6.07, 6.45) is -0.991. The van der Waals surface area contributed by atoms with E-state index in [2.05, 4.69) is 10.3 Å². The highest BCUT2D eigenvalue weighted by Crippen LogP contribution is 2.26. The van der Waals surface area contributed by atoms with Gasteiger partial charge in [0.1, 0.15) is 18.4 Å². The van der Waals surface area contributed by atoms with E-state index in [1.807, 2.05) is 24.3 Å². The molecule has 160 valence electrons. The van der Waals surface area contributed by atoms with Gasteiger partial charge in [-0.1, -0.05) is 35.5 Å². The number of nitrogens with zero attached hydrogens (tertiary/aromatic N) is 3. The van der Waals surface area contributed by atoms with Crippen molar-refractivity contribution in [3.8, 4) is 5.75 Å². The summed E-state index contributed by atoms with van der Waals surface area (Å²) >= 11 is 0. The van der Waals surface area contributed by atoms with Crippen LogP contribution in [0, 0.1) is 0 Å². The minimum absolute atomic E-state index is 0.135. The summed E-state index contributed by atoms with van der Waals surface area (Å²) in [4.78, 5) is 0.151. The molecule has 8 nitrogen and oxygen atoms in total. The molecule has 2 N–H and O–H groups in total. The number of benzene rings is 3. The highest BCUT2D eigenvalue weighted by Gasteiger charge is 2.28. The second-order valence-corrected chi connectivity index (χ2v) is 8.87. The van der Waals surface area contributed by atoms with Crippen molar-refractivity contribution < 1.29 is 22.9 Å². The van der Waals surface area contributed by atoms with Gasteiger partial charge < -0.3 is 9.84 Å². The van der Waals surface area contributed by atoms with E-state index in [0.717, 1.165) is 11.0 Å². The quantitative estimate of drug-likeness (QED) is 0.410. The molecule has 0 spiro atoms. The fraction of sp³-hybridized carbons (Fsp3) is 0.182. The summed E-state index contributed by atoms with van der Waals surface area (Å²) in [6.45, 7) is 0.0153. The normalized spacial score (nSPS) is 12.6. The molecule has 0 saturated carbocycles. The van der Waals surface area contributed by atoms with Crippen molar-refractivity contribution in [3.05, 3.63) is 78.9 Å². The van der Waals surface area contributed by atoms with Gasteiger partial charge in [-0.3, -0.25) is 4.31 Å². The van der Waals surface area contributed by atoms with Crippen molar-refractivity contribution in [1.82, 2.24) is 10.3 Å². The van der Waals surface area contributed by atoms with Crippen LogP contribution in [0.5, 0.6) is 5.75 Å². The van der Waals surface area contributed by atoms with Crippen LogP contribution in [0.15, 0.2) is 83.8 Å². The zero-order valence-corrected chi connectivity index (χ0v) is 17.7. The zero-order valence-electron chi connectivity index (χ0n) is 16.9. The molecule has 3 aromatic carbocycles. The molecule has 0 aliphatic carbocycles. The molecular weight excluding hydrogens is 416 g/mol. The monoisotopic (exact) mass is 439 g/mol. The van der Waals surface area contributed by atoms with Crippen LogP contribution in [0.1, 0.15) is 0 Å². The minimum atomic E-state index is -3.89. The molecule has 0 bridgehead atoms. The fourth-order valence-electron chi connectivity index (χ4n) is 3.36. The molecule has 31 heavy (non-hydrogen) atoms. The largest absolute Gasteiger partial charge is 0.497 e.